The fraction of sp³-hybridized carbons (Fsp3) is 0.900. The van der Waals surface area contributed by atoms with E-state index in [1.54, 1.807) is 4.90 Å². The molecule has 0 bridgehead atoms. The van der Waals surface area contributed by atoms with Gasteiger partial charge >= 0.3 is 0 Å². The number of fused-ring (bicyclic) bond motifs is 1. The first-order valence-corrected chi connectivity index (χ1v) is 5.54. The number of carbonyl (C=O) groups excluding carboxylic acids is 1. The average Bonchev–Trinajstić information content (AvgIpc) is 2.67. The number of hydrogen-bond donors (Lipinski definition) is 0. The highest BCUT2D eigenvalue weighted by Gasteiger charge is 2.56. The number of ether oxygens (including phenoxy) is 1. The van der Waals surface area contributed by atoms with Crippen LogP contribution >= 0.6 is 0 Å². The van der Waals surface area contributed by atoms with Gasteiger partial charge < -0.3 is 9.64 Å². The zero-order chi connectivity index (χ0) is 11.9. The van der Waals surface area contributed by atoms with Crippen molar-refractivity contribution < 1.29 is 9.53 Å². The Kier molecular flexibility index (Phi) is 2.56. The van der Waals surface area contributed by atoms with Crippen LogP contribution in [0.3, 0.4) is 0 Å². The van der Waals surface area contributed by atoms with Crippen LogP contribution in [0.15, 0.2) is 5.11 Å². The highest BCUT2D eigenvalue weighted by atomic mass is 16.5. The van der Waals surface area contributed by atoms with E-state index in [4.69, 9.17) is 10.3 Å². The van der Waals surface area contributed by atoms with Crippen molar-refractivity contribution >= 4 is 5.91 Å². The minimum atomic E-state index is -0.575. The van der Waals surface area contributed by atoms with E-state index in [1.165, 1.54) is 0 Å². The summed E-state index contributed by atoms with van der Waals surface area (Å²) in [5.74, 6) is -0.0256. The second-order valence-electron chi connectivity index (χ2n) is 4.76. The predicted molar refractivity (Wildman–Crippen MR) is 57.4 cm³/mol. The van der Waals surface area contributed by atoms with Crippen molar-refractivity contribution in [3.63, 3.8) is 0 Å². The summed E-state index contributed by atoms with van der Waals surface area (Å²) in [6.45, 7) is 6.29. The summed E-state index contributed by atoms with van der Waals surface area (Å²) < 4.78 is 5.61. The van der Waals surface area contributed by atoms with E-state index in [0.29, 0.717) is 6.61 Å². The summed E-state index contributed by atoms with van der Waals surface area (Å²) in [5, 5.41) is 3.64. The molecule has 16 heavy (non-hydrogen) atoms. The Morgan fingerprint density at radius 3 is 2.94 bits per heavy atom. The Labute approximate surface area is 94.2 Å². The zero-order valence-corrected chi connectivity index (χ0v) is 9.75. The zero-order valence-electron chi connectivity index (χ0n) is 9.75. The lowest BCUT2D eigenvalue weighted by molar-refractivity contribution is -0.142. The van der Waals surface area contributed by atoms with E-state index in [1.807, 2.05) is 20.8 Å². The smallest absolute Gasteiger partial charge is 0.234 e. The topological polar surface area (TPSA) is 78.3 Å². The van der Waals surface area contributed by atoms with Gasteiger partial charge in [0, 0.05) is 4.91 Å². The fourth-order valence-electron chi connectivity index (χ4n) is 2.80. The van der Waals surface area contributed by atoms with Crippen LogP contribution in [0.1, 0.15) is 27.2 Å². The van der Waals surface area contributed by atoms with Crippen molar-refractivity contribution in [1.82, 2.24) is 4.90 Å². The van der Waals surface area contributed by atoms with Gasteiger partial charge in [-0.2, -0.15) is 0 Å². The molecule has 2 saturated heterocycles. The van der Waals surface area contributed by atoms with Crippen LogP contribution in [0.25, 0.3) is 10.4 Å². The molecule has 0 aromatic heterocycles. The molecule has 88 valence electrons. The third-order valence-electron chi connectivity index (χ3n) is 3.56. The van der Waals surface area contributed by atoms with E-state index < -0.39 is 11.8 Å². The molecule has 0 aromatic rings. The fourth-order valence-corrected chi connectivity index (χ4v) is 2.80. The summed E-state index contributed by atoms with van der Waals surface area (Å²) >= 11 is 0. The summed E-state index contributed by atoms with van der Waals surface area (Å²) in [6.07, 6.45) is 0.816. The van der Waals surface area contributed by atoms with Crippen molar-refractivity contribution in [1.29, 1.82) is 0 Å². The predicted octanol–water partition coefficient (Wildman–Crippen LogP) is 1.67. The molecule has 6 heteroatoms. The number of amides is 1. The maximum atomic E-state index is 12.1. The number of azide groups is 1. The van der Waals surface area contributed by atoms with Gasteiger partial charge in [0.1, 0.15) is 11.8 Å². The largest absolute Gasteiger partial charge is 0.354 e. The number of rotatable bonds is 2. The molecule has 2 rings (SSSR count). The molecule has 0 N–H and O–H groups in total. The average molecular weight is 224 g/mol. The van der Waals surface area contributed by atoms with E-state index in [0.717, 1.165) is 6.42 Å². The van der Waals surface area contributed by atoms with Crippen LogP contribution < -0.4 is 0 Å². The Morgan fingerprint density at radius 1 is 1.69 bits per heavy atom. The Bertz CT molecular complexity index is 362. The van der Waals surface area contributed by atoms with Crippen LogP contribution in [0.4, 0.5) is 0 Å². The molecule has 2 aliphatic rings. The minimum Gasteiger partial charge on any atom is -0.354 e. The van der Waals surface area contributed by atoms with Gasteiger partial charge in [-0.3, -0.25) is 4.79 Å². The molecule has 3 unspecified atom stereocenters. The first-order chi connectivity index (χ1) is 7.53. The van der Waals surface area contributed by atoms with Crippen molar-refractivity contribution in [2.24, 2.45) is 11.0 Å². The van der Waals surface area contributed by atoms with Crippen molar-refractivity contribution in [2.45, 2.75) is 45.0 Å². The lowest BCUT2D eigenvalue weighted by Crippen LogP contribution is -2.44. The lowest BCUT2D eigenvalue weighted by Gasteiger charge is -2.29. The monoisotopic (exact) mass is 224 g/mol. The Hall–Kier alpha value is -1.26. The van der Waals surface area contributed by atoms with Crippen LogP contribution in [0.5, 0.6) is 0 Å². The van der Waals surface area contributed by atoms with Crippen LogP contribution in [0.2, 0.25) is 0 Å². The van der Waals surface area contributed by atoms with Gasteiger partial charge in [0.2, 0.25) is 5.91 Å². The molecule has 0 radical (unpaired) electrons. The SMILES string of the molecule is CCC1C(N=[N+]=[N-])C(=O)N2C1COC2(C)C. The molecule has 2 aliphatic heterocycles. The first-order valence-electron chi connectivity index (χ1n) is 5.54. The summed E-state index contributed by atoms with van der Waals surface area (Å²) in [7, 11) is 0. The van der Waals surface area contributed by atoms with Gasteiger partial charge in [0.15, 0.2) is 0 Å². The van der Waals surface area contributed by atoms with E-state index in [9.17, 15) is 4.79 Å². The van der Waals surface area contributed by atoms with Crippen LogP contribution in [-0.2, 0) is 9.53 Å². The summed E-state index contributed by atoms with van der Waals surface area (Å²) in [5.41, 5.74) is 7.93. The Morgan fingerprint density at radius 2 is 2.38 bits per heavy atom. The van der Waals surface area contributed by atoms with Gasteiger partial charge in [0.25, 0.3) is 0 Å². The van der Waals surface area contributed by atoms with Crippen molar-refractivity contribution in [2.75, 3.05) is 6.61 Å². The molecular formula is C10H16N4O2. The molecule has 2 fully saturated rings. The highest BCUT2D eigenvalue weighted by molar-refractivity contribution is 5.86. The van der Waals surface area contributed by atoms with Gasteiger partial charge in [-0.05, 0) is 25.3 Å². The van der Waals surface area contributed by atoms with Gasteiger partial charge in [0.05, 0.1) is 12.6 Å². The molecule has 0 aromatic carbocycles. The molecule has 1 amide bonds. The van der Waals surface area contributed by atoms with E-state index in [-0.39, 0.29) is 17.9 Å². The third kappa shape index (κ3) is 1.37. The minimum absolute atomic E-state index is 0.0583. The third-order valence-corrected chi connectivity index (χ3v) is 3.56. The Balaban J connectivity index is 2.36. The normalized spacial score (nSPS) is 36.1. The molecule has 2 heterocycles. The van der Waals surface area contributed by atoms with Gasteiger partial charge in [-0.1, -0.05) is 18.5 Å². The lowest BCUT2D eigenvalue weighted by atomic mass is 9.94. The summed E-state index contributed by atoms with van der Waals surface area (Å²) in [6, 6.07) is -0.494. The second kappa shape index (κ2) is 3.64. The molecule has 0 aliphatic carbocycles. The molecule has 0 spiro atoms. The number of hydrogen-bond acceptors (Lipinski definition) is 3. The standard InChI is InChI=1S/C10H16N4O2/c1-4-6-7-5-16-10(2,3)14(7)9(15)8(6)12-13-11/h6-8H,4-5H2,1-3H3. The number of nitrogens with zero attached hydrogens (tertiary/aromatic N) is 4. The molecule has 6 nitrogen and oxygen atoms in total. The quantitative estimate of drug-likeness (QED) is 0.406. The first kappa shape index (κ1) is 11.2. The van der Waals surface area contributed by atoms with Gasteiger partial charge in [-0.15, -0.1) is 0 Å². The van der Waals surface area contributed by atoms with E-state index in [2.05, 4.69) is 10.0 Å². The molecule has 0 saturated carbocycles. The molecule has 3 atom stereocenters. The summed E-state index contributed by atoms with van der Waals surface area (Å²) in [4.78, 5) is 16.7. The molecular weight excluding hydrogens is 208 g/mol. The van der Waals surface area contributed by atoms with Crippen LogP contribution in [-0.4, -0.2) is 35.2 Å². The maximum absolute atomic E-state index is 12.1. The van der Waals surface area contributed by atoms with Crippen LogP contribution in [0, 0.1) is 5.92 Å². The van der Waals surface area contributed by atoms with Crippen molar-refractivity contribution in [3.05, 3.63) is 10.4 Å². The maximum Gasteiger partial charge on any atom is 0.234 e. The second-order valence-corrected chi connectivity index (χ2v) is 4.76. The number of carbonyl (C=O) groups is 1. The van der Waals surface area contributed by atoms with Crippen molar-refractivity contribution in [3.8, 4) is 0 Å². The van der Waals surface area contributed by atoms with Gasteiger partial charge in [-0.25, -0.2) is 0 Å². The highest BCUT2D eigenvalue weighted by Crippen LogP contribution is 2.41. The van der Waals surface area contributed by atoms with E-state index >= 15 is 0 Å².